The maximum Gasteiger partial charge on any atom is 0.241 e. The van der Waals surface area contributed by atoms with Gasteiger partial charge in [0.25, 0.3) is 0 Å². The summed E-state index contributed by atoms with van der Waals surface area (Å²) in [7, 11) is 0. The van der Waals surface area contributed by atoms with Crippen LogP contribution in [0.2, 0.25) is 0 Å². The maximum absolute atomic E-state index is 5.47. The van der Waals surface area contributed by atoms with E-state index in [1.165, 1.54) is 5.56 Å². The molecule has 162 valence electrons. The van der Waals surface area contributed by atoms with Crippen molar-refractivity contribution in [2.24, 2.45) is 0 Å². The van der Waals surface area contributed by atoms with Crippen molar-refractivity contribution in [2.75, 3.05) is 26.2 Å². The smallest absolute Gasteiger partial charge is 0.241 e. The fourth-order valence-corrected chi connectivity index (χ4v) is 3.40. The van der Waals surface area contributed by atoms with Crippen molar-refractivity contribution in [3.8, 4) is 11.4 Å². The monoisotopic (exact) mass is 408 g/mol. The molecule has 3 aromatic rings. The molecule has 0 bridgehead atoms. The second kappa shape index (κ2) is 13.7. The third-order valence-electron chi connectivity index (χ3n) is 4.79. The summed E-state index contributed by atoms with van der Waals surface area (Å²) in [5.74, 6) is 1.36. The van der Waals surface area contributed by atoms with Crippen molar-refractivity contribution in [1.29, 1.82) is 0 Å². The van der Waals surface area contributed by atoms with E-state index in [1.54, 1.807) is 0 Å². The second-order valence-electron chi connectivity index (χ2n) is 6.77. The van der Waals surface area contributed by atoms with Gasteiger partial charge < -0.3 is 4.52 Å². The molecule has 0 unspecified atom stereocenters. The van der Waals surface area contributed by atoms with Gasteiger partial charge in [0.2, 0.25) is 11.7 Å². The summed E-state index contributed by atoms with van der Waals surface area (Å²) in [6.45, 7) is 14.0. The van der Waals surface area contributed by atoms with Crippen molar-refractivity contribution in [2.45, 2.75) is 47.2 Å². The highest BCUT2D eigenvalue weighted by Gasteiger charge is 2.18. The lowest BCUT2D eigenvalue weighted by Crippen LogP contribution is -2.30. The van der Waals surface area contributed by atoms with E-state index in [0.717, 1.165) is 51.3 Å². The Balaban J connectivity index is 0.000000757. The van der Waals surface area contributed by atoms with Gasteiger partial charge in [-0.2, -0.15) is 4.98 Å². The average molecular weight is 409 g/mol. The average Bonchev–Trinajstić information content (AvgIpc) is 3.18. The molecule has 4 rings (SSSR count). The highest BCUT2D eigenvalue weighted by atomic mass is 16.5. The Morgan fingerprint density at radius 2 is 1.30 bits per heavy atom. The number of hydrogen-bond acceptors (Lipinski definition) is 5. The molecule has 5 heteroatoms. The molecule has 0 amide bonds. The Morgan fingerprint density at radius 1 is 0.733 bits per heavy atom. The van der Waals surface area contributed by atoms with Crippen LogP contribution in [-0.2, 0) is 13.1 Å². The van der Waals surface area contributed by atoms with Gasteiger partial charge in [0.05, 0.1) is 6.54 Å². The van der Waals surface area contributed by atoms with E-state index < -0.39 is 0 Å². The van der Waals surface area contributed by atoms with Crippen LogP contribution in [0.3, 0.4) is 0 Å². The molecule has 1 aliphatic rings. The van der Waals surface area contributed by atoms with Crippen LogP contribution in [0.15, 0.2) is 65.2 Å². The molecule has 1 saturated heterocycles. The van der Waals surface area contributed by atoms with Crippen molar-refractivity contribution < 1.29 is 4.52 Å². The molecule has 0 N–H and O–H groups in total. The first-order valence-corrected chi connectivity index (χ1v) is 11.2. The lowest BCUT2D eigenvalue weighted by Gasteiger charge is -2.20. The number of aromatic nitrogens is 2. The van der Waals surface area contributed by atoms with Gasteiger partial charge >= 0.3 is 0 Å². The largest absolute Gasteiger partial charge is 0.338 e. The molecule has 0 aliphatic carbocycles. The van der Waals surface area contributed by atoms with Gasteiger partial charge in [-0.05, 0) is 25.1 Å². The molecule has 30 heavy (non-hydrogen) atoms. The Bertz CT molecular complexity index is 804. The third-order valence-corrected chi connectivity index (χ3v) is 4.79. The van der Waals surface area contributed by atoms with E-state index >= 15 is 0 Å². The summed E-state index contributed by atoms with van der Waals surface area (Å²) in [4.78, 5) is 9.50. The van der Waals surface area contributed by atoms with E-state index in [2.05, 4.69) is 50.3 Å². The van der Waals surface area contributed by atoms with Gasteiger partial charge in [0.15, 0.2) is 0 Å². The van der Waals surface area contributed by atoms with Crippen LogP contribution in [-0.4, -0.2) is 46.1 Å². The fourth-order valence-electron chi connectivity index (χ4n) is 3.40. The molecule has 1 aromatic heterocycles. The summed E-state index contributed by atoms with van der Waals surface area (Å²) in [5.41, 5.74) is 2.37. The highest BCUT2D eigenvalue weighted by molar-refractivity contribution is 5.53. The Kier molecular flexibility index (Phi) is 10.8. The predicted octanol–water partition coefficient (Wildman–Crippen LogP) is 5.50. The fraction of sp³-hybridized carbons (Fsp3) is 0.440. The summed E-state index contributed by atoms with van der Waals surface area (Å²) in [6, 6.07) is 20.7. The van der Waals surface area contributed by atoms with Crippen molar-refractivity contribution in [1.82, 2.24) is 19.9 Å². The summed E-state index contributed by atoms with van der Waals surface area (Å²) in [5, 5.41) is 4.12. The molecule has 0 atom stereocenters. The van der Waals surface area contributed by atoms with Crippen LogP contribution in [0.4, 0.5) is 0 Å². The summed E-state index contributed by atoms with van der Waals surface area (Å²) >= 11 is 0. The number of nitrogens with zero attached hydrogens (tertiary/aromatic N) is 4. The minimum absolute atomic E-state index is 0.668. The molecule has 1 fully saturated rings. The van der Waals surface area contributed by atoms with E-state index in [0.29, 0.717) is 11.7 Å². The first-order valence-electron chi connectivity index (χ1n) is 11.2. The number of benzene rings is 2. The van der Waals surface area contributed by atoms with E-state index in [9.17, 15) is 0 Å². The van der Waals surface area contributed by atoms with Crippen molar-refractivity contribution in [3.63, 3.8) is 0 Å². The Hall–Kier alpha value is -2.50. The van der Waals surface area contributed by atoms with Crippen molar-refractivity contribution >= 4 is 0 Å². The van der Waals surface area contributed by atoms with Gasteiger partial charge in [0.1, 0.15) is 0 Å². The highest BCUT2D eigenvalue weighted by Crippen LogP contribution is 2.16. The first kappa shape index (κ1) is 23.8. The van der Waals surface area contributed by atoms with Gasteiger partial charge in [0, 0.05) is 25.2 Å². The second-order valence-corrected chi connectivity index (χ2v) is 6.77. The lowest BCUT2D eigenvalue weighted by molar-refractivity contribution is 0.222. The van der Waals surface area contributed by atoms with Crippen LogP contribution < -0.4 is 0 Å². The molecule has 2 heterocycles. The Labute approximate surface area is 181 Å². The zero-order valence-corrected chi connectivity index (χ0v) is 18.9. The molecule has 2 aromatic carbocycles. The Morgan fingerprint density at radius 3 is 1.93 bits per heavy atom. The van der Waals surface area contributed by atoms with Crippen LogP contribution in [0.1, 0.15) is 45.6 Å². The molecular weight excluding hydrogens is 372 g/mol. The topological polar surface area (TPSA) is 45.4 Å². The SMILES string of the molecule is CC.CC.c1ccc(CN2CCCN(Cc3nc(-c4ccccc4)no3)CC2)cc1. The number of hydrogen-bond donors (Lipinski definition) is 0. The maximum atomic E-state index is 5.47. The zero-order valence-electron chi connectivity index (χ0n) is 18.9. The van der Waals surface area contributed by atoms with Crippen LogP contribution in [0.5, 0.6) is 0 Å². The number of rotatable bonds is 5. The molecule has 5 nitrogen and oxygen atoms in total. The molecule has 0 radical (unpaired) electrons. The molecular formula is C25H36N4O. The zero-order chi connectivity index (χ0) is 21.6. The van der Waals surface area contributed by atoms with Gasteiger partial charge in [-0.25, -0.2) is 0 Å². The molecule has 1 aliphatic heterocycles. The molecule has 0 saturated carbocycles. The third kappa shape index (κ3) is 7.39. The first-order chi connectivity index (χ1) is 14.9. The van der Waals surface area contributed by atoms with Crippen LogP contribution >= 0.6 is 0 Å². The van der Waals surface area contributed by atoms with Crippen LogP contribution in [0.25, 0.3) is 11.4 Å². The van der Waals surface area contributed by atoms with Crippen LogP contribution in [0, 0.1) is 0 Å². The standard InChI is InChI=1S/C21H24N4O.2C2H6/c1-3-8-18(9-4-1)16-24-12-7-13-25(15-14-24)17-20-22-21(23-26-20)19-10-5-2-6-11-19;2*1-2/h1-6,8-11H,7,12-17H2;2*1-2H3. The van der Waals surface area contributed by atoms with E-state index in [-0.39, 0.29) is 0 Å². The van der Waals surface area contributed by atoms with Gasteiger partial charge in [-0.1, -0.05) is 93.5 Å². The normalized spacial score (nSPS) is 14.7. The van der Waals surface area contributed by atoms with E-state index in [1.807, 2.05) is 58.0 Å². The van der Waals surface area contributed by atoms with Crippen molar-refractivity contribution in [3.05, 3.63) is 72.1 Å². The minimum atomic E-state index is 0.668. The predicted molar refractivity (Wildman–Crippen MR) is 124 cm³/mol. The summed E-state index contributed by atoms with van der Waals surface area (Å²) < 4.78 is 5.47. The van der Waals surface area contributed by atoms with E-state index in [4.69, 9.17) is 4.52 Å². The van der Waals surface area contributed by atoms with Gasteiger partial charge in [-0.3, -0.25) is 9.80 Å². The summed E-state index contributed by atoms with van der Waals surface area (Å²) in [6.07, 6.45) is 1.16. The minimum Gasteiger partial charge on any atom is -0.338 e. The lowest BCUT2D eigenvalue weighted by atomic mass is 10.2. The molecule has 0 spiro atoms. The van der Waals surface area contributed by atoms with Gasteiger partial charge in [-0.15, -0.1) is 0 Å². The quantitative estimate of drug-likeness (QED) is 0.558.